The molecular formula is C21H22N4O4. The molecule has 0 saturated carbocycles. The van der Waals surface area contributed by atoms with E-state index in [1.165, 1.54) is 24.1 Å². The second-order valence-corrected chi connectivity index (χ2v) is 6.40. The summed E-state index contributed by atoms with van der Waals surface area (Å²) in [5.74, 6) is -0.00295. The highest BCUT2D eigenvalue weighted by molar-refractivity contribution is 6.05. The third-order valence-electron chi connectivity index (χ3n) is 4.41. The van der Waals surface area contributed by atoms with Crippen molar-refractivity contribution >= 4 is 22.9 Å². The lowest BCUT2D eigenvalue weighted by atomic mass is 10.1. The van der Waals surface area contributed by atoms with Crippen LogP contribution in [0.4, 0.5) is 0 Å². The molecule has 3 aromatic rings. The number of unbranched alkanes of at least 4 members (excludes halogenated alkanes) is 1. The van der Waals surface area contributed by atoms with Gasteiger partial charge in [-0.25, -0.2) is 10.1 Å². The van der Waals surface area contributed by atoms with Gasteiger partial charge in [-0.1, -0.05) is 31.5 Å². The van der Waals surface area contributed by atoms with Crippen molar-refractivity contribution in [2.45, 2.75) is 26.3 Å². The number of ether oxygens (including phenoxy) is 1. The first-order valence-corrected chi connectivity index (χ1v) is 9.25. The van der Waals surface area contributed by atoms with Crippen molar-refractivity contribution in [1.82, 2.24) is 15.2 Å². The van der Waals surface area contributed by atoms with Crippen LogP contribution in [0.25, 0.3) is 10.8 Å². The van der Waals surface area contributed by atoms with Gasteiger partial charge in [0, 0.05) is 17.5 Å². The van der Waals surface area contributed by atoms with Crippen molar-refractivity contribution in [2.75, 3.05) is 7.11 Å². The number of aryl methyl sites for hydroxylation is 1. The first kappa shape index (κ1) is 20.1. The average Bonchev–Trinajstić information content (AvgIpc) is 2.74. The standard InChI is InChI=1S/C21H22N4O4/c1-3-4-11-25-21(28)17-8-6-5-7-16(17)19(24-25)20(27)23-22-13-14-12-15(29-2)9-10-18(14)26/h5-10,12-13,26H,3-4,11H2,1-2H3,(H,23,27)/b22-13+. The summed E-state index contributed by atoms with van der Waals surface area (Å²) in [6.45, 7) is 2.45. The molecular weight excluding hydrogens is 372 g/mol. The van der Waals surface area contributed by atoms with E-state index < -0.39 is 5.91 Å². The van der Waals surface area contributed by atoms with Crippen molar-refractivity contribution in [3.63, 3.8) is 0 Å². The first-order chi connectivity index (χ1) is 14.0. The predicted molar refractivity (Wildman–Crippen MR) is 111 cm³/mol. The van der Waals surface area contributed by atoms with Gasteiger partial charge in [-0.3, -0.25) is 9.59 Å². The molecule has 0 fully saturated rings. The zero-order chi connectivity index (χ0) is 20.8. The molecule has 0 bridgehead atoms. The molecule has 150 valence electrons. The highest BCUT2D eigenvalue weighted by Crippen LogP contribution is 2.21. The van der Waals surface area contributed by atoms with E-state index >= 15 is 0 Å². The van der Waals surface area contributed by atoms with Crippen molar-refractivity contribution in [2.24, 2.45) is 5.10 Å². The number of hydrazone groups is 1. The van der Waals surface area contributed by atoms with Gasteiger partial charge in [-0.15, -0.1) is 0 Å². The van der Waals surface area contributed by atoms with Crippen LogP contribution >= 0.6 is 0 Å². The van der Waals surface area contributed by atoms with Gasteiger partial charge in [0.1, 0.15) is 11.5 Å². The molecule has 8 heteroatoms. The molecule has 0 aliphatic rings. The molecule has 1 amide bonds. The molecule has 3 rings (SSSR count). The number of aromatic hydroxyl groups is 1. The van der Waals surface area contributed by atoms with E-state index in [2.05, 4.69) is 15.6 Å². The van der Waals surface area contributed by atoms with Crippen LogP contribution in [0, 0.1) is 0 Å². The fourth-order valence-electron chi connectivity index (χ4n) is 2.84. The number of nitrogens with zero attached hydrogens (tertiary/aromatic N) is 3. The number of fused-ring (bicyclic) bond motifs is 1. The number of benzene rings is 2. The largest absolute Gasteiger partial charge is 0.507 e. The van der Waals surface area contributed by atoms with Gasteiger partial charge in [-0.05, 0) is 30.7 Å². The Hall–Kier alpha value is -3.68. The summed E-state index contributed by atoms with van der Waals surface area (Å²) in [5.41, 5.74) is 2.68. The lowest BCUT2D eigenvalue weighted by Crippen LogP contribution is -2.29. The van der Waals surface area contributed by atoms with E-state index in [-0.39, 0.29) is 17.0 Å². The molecule has 0 saturated heterocycles. The summed E-state index contributed by atoms with van der Waals surface area (Å²) in [5, 5.41) is 18.9. The van der Waals surface area contributed by atoms with E-state index in [0.717, 1.165) is 12.8 Å². The van der Waals surface area contributed by atoms with Crippen LogP contribution in [-0.4, -0.2) is 34.1 Å². The highest BCUT2D eigenvalue weighted by Gasteiger charge is 2.16. The molecule has 2 aromatic carbocycles. The van der Waals surface area contributed by atoms with E-state index in [0.29, 0.717) is 28.6 Å². The fraction of sp³-hybridized carbons (Fsp3) is 0.238. The normalized spacial score (nSPS) is 11.1. The summed E-state index contributed by atoms with van der Waals surface area (Å²) >= 11 is 0. The van der Waals surface area contributed by atoms with Crippen molar-refractivity contribution in [3.8, 4) is 11.5 Å². The zero-order valence-electron chi connectivity index (χ0n) is 16.3. The van der Waals surface area contributed by atoms with Crippen LogP contribution in [0.15, 0.2) is 52.4 Å². The van der Waals surface area contributed by atoms with Gasteiger partial charge < -0.3 is 9.84 Å². The minimum absolute atomic E-state index is 0.000453. The van der Waals surface area contributed by atoms with Gasteiger partial charge >= 0.3 is 0 Å². The summed E-state index contributed by atoms with van der Waals surface area (Å²) < 4.78 is 6.43. The van der Waals surface area contributed by atoms with Crippen molar-refractivity contribution in [1.29, 1.82) is 0 Å². The van der Waals surface area contributed by atoms with Crippen LogP contribution in [0.2, 0.25) is 0 Å². The molecule has 0 unspecified atom stereocenters. The Kier molecular flexibility index (Phi) is 6.23. The summed E-state index contributed by atoms with van der Waals surface area (Å²) in [4.78, 5) is 25.3. The quantitative estimate of drug-likeness (QED) is 0.473. The van der Waals surface area contributed by atoms with Crippen molar-refractivity contribution in [3.05, 3.63) is 64.1 Å². The maximum absolute atomic E-state index is 12.7. The van der Waals surface area contributed by atoms with E-state index in [9.17, 15) is 14.7 Å². The Morgan fingerprint density at radius 1 is 1.28 bits per heavy atom. The molecule has 1 aromatic heterocycles. The van der Waals surface area contributed by atoms with Crippen LogP contribution in [-0.2, 0) is 6.54 Å². The Bertz CT molecular complexity index is 1120. The highest BCUT2D eigenvalue weighted by atomic mass is 16.5. The molecule has 1 heterocycles. The number of amides is 1. The third-order valence-corrected chi connectivity index (χ3v) is 4.41. The number of carbonyl (C=O) groups excluding carboxylic acids is 1. The summed E-state index contributed by atoms with van der Waals surface area (Å²) in [7, 11) is 1.51. The number of methoxy groups -OCH3 is 1. The first-order valence-electron chi connectivity index (χ1n) is 9.25. The molecule has 8 nitrogen and oxygen atoms in total. The predicted octanol–water partition coefficient (Wildman–Crippen LogP) is 2.67. The minimum atomic E-state index is -0.551. The minimum Gasteiger partial charge on any atom is -0.507 e. The number of rotatable bonds is 7. The molecule has 0 aliphatic heterocycles. The van der Waals surface area contributed by atoms with Gasteiger partial charge in [0.2, 0.25) is 0 Å². The average molecular weight is 394 g/mol. The van der Waals surface area contributed by atoms with Gasteiger partial charge in [0.15, 0.2) is 5.69 Å². The van der Waals surface area contributed by atoms with Crippen LogP contribution in [0.1, 0.15) is 35.8 Å². The van der Waals surface area contributed by atoms with E-state index in [1.54, 1.807) is 36.4 Å². The Labute approximate surface area is 167 Å². The Balaban J connectivity index is 1.91. The lowest BCUT2D eigenvalue weighted by molar-refractivity contribution is 0.0949. The molecule has 2 N–H and O–H groups in total. The number of hydrogen-bond donors (Lipinski definition) is 2. The molecule has 0 atom stereocenters. The number of carbonyl (C=O) groups is 1. The van der Waals surface area contributed by atoms with Crippen LogP contribution in [0.5, 0.6) is 11.5 Å². The monoisotopic (exact) mass is 394 g/mol. The number of hydrogen-bond acceptors (Lipinski definition) is 6. The van der Waals surface area contributed by atoms with Gasteiger partial charge in [0.25, 0.3) is 11.5 Å². The third kappa shape index (κ3) is 4.43. The Morgan fingerprint density at radius 2 is 2.03 bits per heavy atom. The number of phenols is 1. The van der Waals surface area contributed by atoms with Crippen molar-refractivity contribution < 1.29 is 14.6 Å². The van der Waals surface area contributed by atoms with Gasteiger partial charge in [-0.2, -0.15) is 10.2 Å². The summed E-state index contributed by atoms with van der Waals surface area (Å²) in [6, 6.07) is 11.5. The molecule has 29 heavy (non-hydrogen) atoms. The van der Waals surface area contributed by atoms with Gasteiger partial charge in [0.05, 0.1) is 18.7 Å². The lowest BCUT2D eigenvalue weighted by Gasteiger charge is -2.09. The number of aromatic nitrogens is 2. The fourth-order valence-corrected chi connectivity index (χ4v) is 2.84. The maximum Gasteiger partial charge on any atom is 0.292 e. The van der Waals surface area contributed by atoms with Crippen LogP contribution in [0.3, 0.4) is 0 Å². The van der Waals surface area contributed by atoms with Crippen LogP contribution < -0.4 is 15.7 Å². The molecule has 0 aliphatic carbocycles. The summed E-state index contributed by atoms with van der Waals surface area (Å²) in [6.07, 6.45) is 2.99. The second-order valence-electron chi connectivity index (χ2n) is 6.40. The number of phenolic OH excluding ortho intramolecular Hbond substituents is 1. The zero-order valence-corrected chi connectivity index (χ0v) is 16.3. The topological polar surface area (TPSA) is 106 Å². The van der Waals surface area contributed by atoms with E-state index in [4.69, 9.17) is 4.74 Å². The molecule has 0 spiro atoms. The Morgan fingerprint density at radius 3 is 2.76 bits per heavy atom. The molecule has 0 radical (unpaired) electrons. The maximum atomic E-state index is 12.7. The SMILES string of the molecule is CCCCn1nc(C(=O)N/N=C/c2cc(OC)ccc2O)c2ccccc2c1=O. The second kappa shape index (κ2) is 9.01. The van der Waals surface area contributed by atoms with E-state index in [1.807, 2.05) is 6.92 Å². The smallest absolute Gasteiger partial charge is 0.292 e. The number of nitrogens with one attached hydrogen (secondary N) is 1.